The van der Waals surface area contributed by atoms with Crippen LogP contribution in [0.3, 0.4) is 0 Å². The predicted molar refractivity (Wildman–Crippen MR) is 68.9 cm³/mol. The van der Waals surface area contributed by atoms with Crippen LogP contribution in [0, 0.1) is 34.5 Å². The van der Waals surface area contributed by atoms with Gasteiger partial charge >= 0.3 is 5.97 Å². The van der Waals surface area contributed by atoms with Gasteiger partial charge in [-0.25, -0.2) is 0 Å². The molecule has 0 radical (unpaired) electrons. The van der Waals surface area contributed by atoms with Crippen molar-refractivity contribution in [1.82, 2.24) is 0 Å². The van der Waals surface area contributed by atoms with Crippen LogP contribution in [0.2, 0.25) is 0 Å². The van der Waals surface area contributed by atoms with E-state index in [0.717, 1.165) is 25.7 Å². The lowest BCUT2D eigenvalue weighted by Crippen LogP contribution is -2.51. The molecule has 0 spiro atoms. The number of ketones is 1. The van der Waals surface area contributed by atoms with Crippen molar-refractivity contribution >= 4 is 11.8 Å². The molecule has 4 atom stereocenters. The van der Waals surface area contributed by atoms with Crippen molar-refractivity contribution in [2.75, 3.05) is 6.61 Å². The number of nitrogens with zero attached hydrogens (tertiary/aromatic N) is 1. The lowest BCUT2D eigenvalue weighted by Gasteiger charge is -2.46. The van der Waals surface area contributed by atoms with Crippen LogP contribution in [0.5, 0.6) is 0 Å². The number of rotatable bonds is 2. The fourth-order valence-corrected chi connectivity index (χ4v) is 3.81. The molecular weight excluding hydrogens is 242 g/mol. The SMILES string of the molecule is CCOC(=O)[C@H]1CCC[C@]2(C#N)C(=O)[C@@H](C)CC[C@H]12. The van der Waals surface area contributed by atoms with Crippen molar-refractivity contribution in [3.8, 4) is 6.07 Å². The number of fused-ring (bicyclic) bond motifs is 1. The Morgan fingerprint density at radius 3 is 2.84 bits per heavy atom. The Labute approximate surface area is 114 Å². The fraction of sp³-hybridized carbons (Fsp3) is 0.800. The van der Waals surface area contributed by atoms with Gasteiger partial charge in [-0.2, -0.15) is 5.26 Å². The maximum absolute atomic E-state index is 12.5. The maximum Gasteiger partial charge on any atom is 0.309 e. The summed E-state index contributed by atoms with van der Waals surface area (Å²) in [6.45, 7) is 4.03. The summed E-state index contributed by atoms with van der Waals surface area (Å²) >= 11 is 0. The van der Waals surface area contributed by atoms with Crippen LogP contribution in [0.4, 0.5) is 0 Å². The van der Waals surface area contributed by atoms with Crippen LogP contribution in [-0.4, -0.2) is 18.4 Å². The van der Waals surface area contributed by atoms with Crippen LogP contribution >= 0.6 is 0 Å². The standard InChI is InChI=1S/C15H21NO3/c1-3-19-14(18)11-5-4-8-15(9-16)12(11)7-6-10(2)13(15)17/h10-12H,3-8H2,1-2H3/t10-,11-,12+,15+/m0/s1. The van der Waals surface area contributed by atoms with E-state index in [-0.39, 0.29) is 29.5 Å². The number of hydrogen-bond donors (Lipinski definition) is 0. The van der Waals surface area contributed by atoms with E-state index < -0.39 is 5.41 Å². The highest BCUT2D eigenvalue weighted by atomic mass is 16.5. The molecule has 2 rings (SSSR count). The molecule has 4 nitrogen and oxygen atoms in total. The van der Waals surface area contributed by atoms with E-state index >= 15 is 0 Å². The van der Waals surface area contributed by atoms with Gasteiger partial charge in [0, 0.05) is 5.92 Å². The van der Waals surface area contributed by atoms with Gasteiger partial charge in [0.05, 0.1) is 18.6 Å². The Morgan fingerprint density at radius 1 is 1.47 bits per heavy atom. The topological polar surface area (TPSA) is 67.2 Å². The Balaban J connectivity index is 2.31. The van der Waals surface area contributed by atoms with Crippen LogP contribution in [0.15, 0.2) is 0 Å². The first-order chi connectivity index (χ1) is 9.06. The number of esters is 1. The normalized spacial score (nSPS) is 38.2. The van der Waals surface area contributed by atoms with Crippen LogP contribution in [-0.2, 0) is 14.3 Å². The smallest absolute Gasteiger partial charge is 0.309 e. The molecule has 2 aliphatic carbocycles. The zero-order valence-electron chi connectivity index (χ0n) is 11.6. The van der Waals surface area contributed by atoms with Crippen molar-refractivity contribution in [2.24, 2.45) is 23.2 Å². The summed E-state index contributed by atoms with van der Waals surface area (Å²) in [4.78, 5) is 24.5. The molecule has 0 aliphatic heterocycles. The molecule has 0 heterocycles. The third kappa shape index (κ3) is 2.16. The quantitative estimate of drug-likeness (QED) is 0.718. The van der Waals surface area contributed by atoms with Crippen LogP contribution in [0.25, 0.3) is 0 Å². The summed E-state index contributed by atoms with van der Waals surface area (Å²) in [5.41, 5.74) is -0.937. The molecule has 0 unspecified atom stereocenters. The van der Waals surface area contributed by atoms with Crippen molar-refractivity contribution in [3.63, 3.8) is 0 Å². The summed E-state index contributed by atoms with van der Waals surface area (Å²) in [6, 6.07) is 2.27. The second-order valence-corrected chi connectivity index (χ2v) is 5.78. The summed E-state index contributed by atoms with van der Waals surface area (Å²) in [6.07, 6.45) is 3.67. The number of ether oxygens (including phenoxy) is 1. The van der Waals surface area contributed by atoms with E-state index in [9.17, 15) is 14.9 Å². The van der Waals surface area contributed by atoms with Gasteiger partial charge < -0.3 is 4.74 Å². The van der Waals surface area contributed by atoms with Gasteiger partial charge in [0.2, 0.25) is 0 Å². The van der Waals surface area contributed by atoms with E-state index in [1.807, 2.05) is 6.92 Å². The number of hydrogen-bond acceptors (Lipinski definition) is 4. The Kier molecular flexibility index (Phi) is 3.93. The largest absolute Gasteiger partial charge is 0.466 e. The average Bonchev–Trinajstić information content (AvgIpc) is 2.42. The van der Waals surface area contributed by atoms with Gasteiger partial charge in [0.1, 0.15) is 5.41 Å². The molecule has 0 N–H and O–H groups in total. The highest BCUT2D eigenvalue weighted by Gasteiger charge is 2.56. The molecule has 0 bridgehead atoms. The molecule has 19 heavy (non-hydrogen) atoms. The maximum atomic E-state index is 12.5. The zero-order chi connectivity index (χ0) is 14.0. The first kappa shape index (κ1) is 14.0. The molecule has 2 aliphatic rings. The van der Waals surface area contributed by atoms with E-state index in [0.29, 0.717) is 13.0 Å². The van der Waals surface area contributed by atoms with Gasteiger partial charge in [-0.15, -0.1) is 0 Å². The zero-order valence-corrected chi connectivity index (χ0v) is 11.6. The summed E-state index contributed by atoms with van der Waals surface area (Å²) in [5.74, 6) is -0.662. The van der Waals surface area contributed by atoms with E-state index in [2.05, 4.69) is 6.07 Å². The van der Waals surface area contributed by atoms with Crippen molar-refractivity contribution in [1.29, 1.82) is 5.26 Å². The monoisotopic (exact) mass is 263 g/mol. The van der Waals surface area contributed by atoms with Crippen molar-refractivity contribution < 1.29 is 14.3 Å². The number of carbonyl (C=O) groups is 2. The molecule has 0 aromatic carbocycles. The van der Waals surface area contributed by atoms with Gasteiger partial charge in [0.15, 0.2) is 5.78 Å². The van der Waals surface area contributed by atoms with Crippen LogP contribution < -0.4 is 0 Å². The second-order valence-electron chi connectivity index (χ2n) is 5.78. The minimum absolute atomic E-state index is 0.0419. The molecule has 0 aromatic heterocycles. The van der Waals surface area contributed by atoms with E-state index in [1.165, 1.54) is 0 Å². The molecule has 0 saturated heterocycles. The Bertz CT molecular complexity index is 426. The third-order valence-electron chi connectivity index (χ3n) is 4.79. The Morgan fingerprint density at radius 2 is 2.21 bits per heavy atom. The molecule has 104 valence electrons. The Hall–Kier alpha value is -1.37. The molecule has 4 heteroatoms. The molecule has 2 saturated carbocycles. The third-order valence-corrected chi connectivity index (χ3v) is 4.79. The highest BCUT2D eigenvalue weighted by molar-refractivity contribution is 5.91. The summed E-state index contributed by atoms with van der Waals surface area (Å²) in [5, 5.41) is 9.57. The summed E-state index contributed by atoms with van der Waals surface area (Å²) < 4.78 is 5.12. The van der Waals surface area contributed by atoms with Crippen molar-refractivity contribution in [2.45, 2.75) is 46.0 Å². The molecule has 0 aromatic rings. The first-order valence-corrected chi connectivity index (χ1v) is 7.19. The minimum atomic E-state index is -0.937. The van der Waals surface area contributed by atoms with Gasteiger partial charge in [-0.05, 0) is 38.5 Å². The first-order valence-electron chi connectivity index (χ1n) is 7.19. The molecular formula is C15H21NO3. The van der Waals surface area contributed by atoms with Gasteiger partial charge in [-0.3, -0.25) is 9.59 Å². The van der Waals surface area contributed by atoms with Crippen molar-refractivity contribution in [3.05, 3.63) is 0 Å². The lowest BCUT2D eigenvalue weighted by molar-refractivity contribution is -0.158. The fourth-order valence-electron chi connectivity index (χ4n) is 3.81. The lowest BCUT2D eigenvalue weighted by atomic mass is 9.54. The highest BCUT2D eigenvalue weighted by Crippen LogP contribution is 2.52. The van der Waals surface area contributed by atoms with E-state index in [4.69, 9.17) is 4.74 Å². The van der Waals surface area contributed by atoms with Gasteiger partial charge in [0.25, 0.3) is 0 Å². The molecule has 2 fully saturated rings. The van der Waals surface area contributed by atoms with E-state index in [1.54, 1.807) is 6.92 Å². The number of carbonyl (C=O) groups excluding carboxylic acids is 2. The number of Topliss-reactive ketones (excluding diaryl/α,β-unsaturated/α-hetero) is 1. The predicted octanol–water partition coefficient (Wildman–Crippen LogP) is 2.47. The number of nitriles is 1. The molecule has 0 amide bonds. The van der Waals surface area contributed by atoms with Crippen LogP contribution in [0.1, 0.15) is 46.0 Å². The summed E-state index contributed by atoms with van der Waals surface area (Å²) in [7, 11) is 0. The van der Waals surface area contributed by atoms with Gasteiger partial charge in [-0.1, -0.05) is 13.3 Å². The second kappa shape index (κ2) is 5.32. The minimum Gasteiger partial charge on any atom is -0.466 e. The average molecular weight is 263 g/mol.